The smallest absolute Gasteiger partial charge is 0.180 e. The van der Waals surface area contributed by atoms with Gasteiger partial charge in [0.15, 0.2) is 17.2 Å². The third kappa shape index (κ3) is 4.65. The van der Waals surface area contributed by atoms with Crippen molar-refractivity contribution in [3.05, 3.63) is 158 Å². The van der Waals surface area contributed by atoms with E-state index in [1.54, 1.807) is 0 Å². The molecule has 10 aromatic rings. The van der Waals surface area contributed by atoms with Gasteiger partial charge in [0.1, 0.15) is 28.0 Å². The zero-order valence-corrected chi connectivity index (χ0v) is 26.6. The van der Waals surface area contributed by atoms with Crippen LogP contribution in [0.1, 0.15) is 0 Å². The van der Waals surface area contributed by atoms with Crippen LogP contribution in [0.25, 0.3) is 101 Å². The summed E-state index contributed by atoms with van der Waals surface area (Å²) in [5.74, 6) is 1.25. The van der Waals surface area contributed by atoms with Gasteiger partial charge in [-0.1, -0.05) is 115 Å². The summed E-state index contributed by atoms with van der Waals surface area (Å²) in [4.78, 5) is 20.2. The number of para-hydroxylation sites is 2. The fourth-order valence-electron chi connectivity index (χ4n) is 6.71. The lowest BCUT2D eigenvalue weighted by molar-refractivity contribution is 0.666. The van der Waals surface area contributed by atoms with E-state index in [0.29, 0.717) is 17.2 Å². The van der Waals surface area contributed by atoms with Crippen molar-refractivity contribution in [2.75, 3.05) is 0 Å². The van der Waals surface area contributed by atoms with Crippen LogP contribution in [0.4, 0.5) is 0 Å². The van der Waals surface area contributed by atoms with Crippen LogP contribution in [-0.4, -0.2) is 19.9 Å². The number of aromatic nitrogens is 4. The third-order valence-corrected chi connectivity index (χ3v) is 9.13. The normalized spacial score (nSPS) is 11.6. The molecule has 0 fully saturated rings. The topological polar surface area (TPSA) is 77.8 Å². The molecule has 4 heterocycles. The number of hydrogen-bond donors (Lipinski definition) is 0. The monoisotopic (exact) mass is 642 g/mol. The summed E-state index contributed by atoms with van der Waals surface area (Å²) in [6.45, 7) is 0. The number of rotatable bonds is 5. The fraction of sp³-hybridized carbons (Fsp3) is 0. The predicted molar refractivity (Wildman–Crippen MR) is 199 cm³/mol. The lowest BCUT2D eigenvalue weighted by Crippen LogP contribution is -1.95. The largest absolute Gasteiger partial charge is 0.455 e. The predicted octanol–water partition coefficient (Wildman–Crippen LogP) is 11.4. The van der Waals surface area contributed by atoms with Crippen LogP contribution in [0.5, 0.6) is 0 Å². The molecule has 4 aromatic heterocycles. The minimum absolute atomic E-state index is 0.573. The quantitative estimate of drug-likeness (QED) is 0.186. The molecule has 6 nitrogen and oxygen atoms in total. The van der Waals surface area contributed by atoms with Crippen LogP contribution in [0.15, 0.2) is 167 Å². The van der Waals surface area contributed by atoms with Crippen molar-refractivity contribution < 1.29 is 8.83 Å². The Morgan fingerprint density at radius 1 is 0.360 bits per heavy atom. The molecular formula is C44H26N4O2. The second kappa shape index (κ2) is 11.4. The number of furan rings is 2. The molecule has 0 atom stereocenters. The SMILES string of the molecule is c1ccc(-c2cc(-c3ccc4oc5c(-c6nc(-c7ccccc7)c7oc8ccccc8c7n6)cccc5c4c3)nc(-c3ccccc3)n2)cc1. The molecule has 0 unspecified atom stereocenters. The van der Waals surface area contributed by atoms with Gasteiger partial charge in [0.05, 0.1) is 17.0 Å². The summed E-state index contributed by atoms with van der Waals surface area (Å²) in [5, 5.41) is 2.90. The molecule has 0 aliphatic rings. The average Bonchev–Trinajstić information content (AvgIpc) is 3.76. The first kappa shape index (κ1) is 28.1. The standard InChI is InChI=1S/C44H26N4O2/c1-4-13-27(14-5-1)35-26-36(46-43(45-35)29-17-8-3-9-18-29)30-23-24-38-34(25-30)31-20-12-21-33(41(31)49-38)44-47-39(28-15-6-2-7-16-28)42-40(48-44)32-19-10-11-22-37(32)50-42/h1-26H. The molecule has 0 spiro atoms. The molecule has 10 rings (SSSR count). The van der Waals surface area contributed by atoms with E-state index in [2.05, 4.69) is 36.4 Å². The Morgan fingerprint density at radius 3 is 1.76 bits per heavy atom. The first-order valence-electron chi connectivity index (χ1n) is 16.5. The lowest BCUT2D eigenvalue weighted by Gasteiger charge is -2.09. The minimum Gasteiger partial charge on any atom is -0.455 e. The van der Waals surface area contributed by atoms with Crippen LogP contribution < -0.4 is 0 Å². The highest BCUT2D eigenvalue weighted by atomic mass is 16.3. The molecule has 0 radical (unpaired) electrons. The van der Waals surface area contributed by atoms with Crippen molar-refractivity contribution in [3.63, 3.8) is 0 Å². The fourth-order valence-corrected chi connectivity index (χ4v) is 6.71. The summed E-state index contributed by atoms with van der Waals surface area (Å²) in [6.07, 6.45) is 0. The van der Waals surface area contributed by atoms with Crippen LogP contribution in [0, 0.1) is 0 Å². The maximum absolute atomic E-state index is 6.61. The Hall–Kier alpha value is -6.92. The van der Waals surface area contributed by atoms with E-state index >= 15 is 0 Å². The van der Waals surface area contributed by atoms with E-state index < -0.39 is 0 Å². The molecule has 0 aliphatic carbocycles. The van der Waals surface area contributed by atoms with Gasteiger partial charge in [-0.2, -0.15) is 0 Å². The molecule has 6 aromatic carbocycles. The van der Waals surface area contributed by atoms with E-state index in [-0.39, 0.29) is 0 Å². The Morgan fingerprint density at radius 2 is 0.980 bits per heavy atom. The van der Waals surface area contributed by atoms with Gasteiger partial charge in [-0.05, 0) is 42.5 Å². The minimum atomic E-state index is 0.573. The number of fused-ring (bicyclic) bond motifs is 6. The molecule has 0 aliphatic heterocycles. The van der Waals surface area contributed by atoms with Gasteiger partial charge in [-0.3, -0.25) is 0 Å². The van der Waals surface area contributed by atoms with Crippen molar-refractivity contribution in [3.8, 4) is 56.5 Å². The van der Waals surface area contributed by atoms with Crippen LogP contribution in [0.3, 0.4) is 0 Å². The van der Waals surface area contributed by atoms with Crippen LogP contribution in [0.2, 0.25) is 0 Å². The maximum atomic E-state index is 6.61. The van der Waals surface area contributed by atoms with Gasteiger partial charge in [0, 0.05) is 38.4 Å². The Kier molecular flexibility index (Phi) is 6.39. The zero-order chi connectivity index (χ0) is 33.0. The summed E-state index contributed by atoms with van der Waals surface area (Å²) in [6, 6.07) is 52.8. The molecule has 234 valence electrons. The Balaban J connectivity index is 1.16. The van der Waals surface area contributed by atoms with E-state index in [1.807, 2.05) is 121 Å². The van der Waals surface area contributed by atoms with Crippen molar-refractivity contribution in [1.29, 1.82) is 0 Å². The van der Waals surface area contributed by atoms with E-state index in [0.717, 1.165) is 83.3 Å². The van der Waals surface area contributed by atoms with Gasteiger partial charge in [0.2, 0.25) is 0 Å². The molecule has 0 saturated heterocycles. The summed E-state index contributed by atoms with van der Waals surface area (Å²) >= 11 is 0. The number of hydrogen-bond acceptors (Lipinski definition) is 6. The summed E-state index contributed by atoms with van der Waals surface area (Å²) in [5.41, 5.74) is 10.9. The molecule has 0 bridgehead atoms. The summed E-state index contributed by atoms with van der Waals surface area (Å²) < 4.78 is 12.9. The van der Waals surface area contributed by atoms with E-state index in [4.69, 9.17) is 28.8 Å². The van der Waals surface area contributed by atoms with Crippen LogP contribution >= 0.6 is 0 Å². The highest BCUT2D eigenvalue weighted by molar-refractivity contribution is 6.11. The van der Waals surface area contributed by atoms with Gasteiger partial charge < -0.3 is 8.83 Å². The van der Waals surface area contributed by atoms with Gasteiger partial charge in [-0.25, -0.2) is 19.9 Å². The van der Waals surface area contributed by atoms with Crippen molar-refractivity contribution in [2.45, 2.75) is 0 Å². The zero-order valence-electron chi connectivity index (χ0n) is 26.6. The number of nitrogens with zero attached hydrogens (tertiary/aromatic N) is 4. The molecule has 0 N–H and O–H groups in total. The van der Waals surface area contributed by atoms with Crippen molar-refractivity contribution in [1.82, 2.24) is 19.9 Å². The first-order valence-corrected chi connectivity index (χ1v) is 16.5. The Labute approximate surface area is 286 Å². The van der Waals surface area contributed by atoms with E-state index in [9.17, 15) is 0 Å². The average molecular weight is 643 g/mol. The Bertz CT molecular complexity index is 2800. The van der Waals surface area contributed by atoms with Crippen LogP contribution in [-0.2, 0) is 0 Å². The molecule has 0 saturated carbocycles. The molecule has 6 heteroatoms. The van der Waals surface area contributed by atoms with E-state index in [1.165, 1.54) is 0 Å². The van der Waals surface area contributed by atoms with Gasteiger partial charge in [0.25, 0.3) is 0 Å². The number of benzene rings is 6. The van der Waals surface area contributed by atoms with Crippen molar-refractivity contribution in [2.24, 2.45) is 0 Å². The highest BCUT2D eigenvalue weighted by Crippen LogP contribution is 2.40. The van der Waals surface area contributed by atoms with Crippen molar-refractivity contribution >= 4 is 44.0 Å². The molecule has 50 heavy (non-hydrogen) atoms. The highest BCUT2D eigenvalue weighted by Gasteiger charge is 2.21. The maximum Gasteiger partial charge on any atom is 0.180 e. The molecular weight excluding hydrogens is 617 g/mol. The third-order valence-electron chi connectivity index (χ3n) is 9.13. The first-order chi connectivity index (χ1) is 24.8. The van der Waals surface area contributed by atoms with Gasteiger partial charge in [-0.15, -0.1) is 0 Å². The van der Waals surface area contributed by atoms with Gasteiger partial charge >= 0.3 is 0 Å². The second-order valence-electron chi connectivity index (χ2n) is 12.2. The summed E-state index contributed by atoms with van der Waals surface area (Å²) in [7, 11) is 0. The lowest BCUT2D eigenvalue weighted by atomic mass is 10.0. The second-order valence-corrected chi connectivity index (χ2v) is 12.2. The molecule has 0 amide bonds.